The van der Waals surface area contributed by atoms with Crippen LogP contribution in [0.5, 0.6) is 5.75 Å². The molecule has 0 bridgehead atoms. The van der Waals surface area contributed by atoms with Gasteiger partial charge in [-0.3, -0.25) is 0 Å². The molecule has 1 rings (SSSR count). The SMILES string of the molecule is Cl.N[C@@H](CO)c1ccccc1OC(F)F. The quantitative estimate of drug-likeness (QED) is 0.841. The van der Waals surface area contributed by atoms with Gasteiger partial charge in [-0.25, -0.2) is 0 Å². The van der Waals surface area contributed by atoms with Gasteiger partial charge in [-0.1, -0.05) is 18.2 Å². The van der Waals surface area contributed by atoms with E-state index in [0.717, 1.165) is 0 Å². The van der Waals surface area contributed by atoms with Crippen LogP contribution in [0, 0.1) is 0 Å². The number of aliphatic hydroxyl groups excluding tert-OH is 1. The van der Waals surface area contributed by atoms with Crippen LogP contribution in [0.3, 0.4) is 0 Å². The molecule has 0 aromatic heterocycles. The van der Waals surface area contributed by atoms with E-state index in [1.807, 2.05) is 0 Å². The van der Waals surface area contributed by atoms with E-state index in [9.17, 15) is 8.78 Å². The van der Waals surface area contributed by atoms with Crippen molar-refractivity contribution in [2.45, 2.75) is 12.7 Å². The average Bonchev–Trinajstić information content (AvgIpc) is 2.16. The van der Waals surface area contributed by atoms with E-state index in [2.05, 4.69) is 4.74 Å². The van der Waals surface area contributed by atoms with Crippen molar-refractivity contribution in [1.82, 2.24) is 0 Å². The lowest BCUT2D eigenvalue weighted by atomic mass is 10.1. The molecule has 0 fully saturated rings. The standard InChI is InChI=1S/C9H11F2NO2.ClH/c10-9(11)14-8-4-2-1-3-6(8)7(12)5-13;/h1-4,7,9,13H,5,12H2;1H/t7-;/m0./s1. The summed E-state index contributed by atoms with van der Waals surface area (Å²) in [5.41, 5.74) is 5.87. The van der Waals surface area contributed by atoms with Gasteiger partial charge in [0.2, 0.25) is 0 Å². The first-order valence-corrected chi connectivity index (χ1v) is 4.05. The topological polar surface area (TPSA) is 55.5 Å². The third-order valence-corrected chi connectivity index (χ3v) is 1.73. The monoisotopic (exact) mass is 239 g/mol. The smallest absolute Gasteiger partial charge is 0.387 e. The molecule has 0 saturated carbocycles. The van der Waals surface area contributed by atoms with Crippen molar-refractivity contribution in [3.05, 3.63) is 29.8 Å². The lowest BCUT2D eigenvalue weighted by Gasteiger charge is -2.14. The first kappa shape index (κ1) is 14.1. The van der Waals surface area contributed by atoms with Crippen LogP contribution in [0.1, 0.15) is 11.6 Å². The highest BCUT2D eigenvalue weighted by Gasteiger charge is 2.13. The lowest BCUT2D eigenvalue weighted by molar-refractivity contribution is -0.0507. The molecule has 1 atom stereocenters. The van der Waals surface area contributed by atoms with Crippen molar-refractivity contribution in [3.8, 4) is 5.75 Å². The molecule has 6 heteroatoms. The molecule has 0 radical (unpaired) electrons. The van der Waals surface area contributed by atoms with E-state index in [1.54, 1.807) is 18.2 Å². The van der Waals surface area contributed by atoms with Gasteiger partial charge in [0.15, 0.2) is 0 Å². The predicted molar refractivity (Wildman–Crippen MR) is 54.3 cm³/mol. The van der Waals surface area contributed by atoms with Gasteiger partial charge >= 0.3 is 6.61 Å². The molecule has 0 aliphatic heterocycles. The van der Waals surface area contributed by atoms with Gasteiger partial charge in [-0.05, 0) is 6.07 Å². The fourth-order valence-electron chi connectivity index (χ4n) is 1.09. The molecule has 3 N–H and O–H groups in total. The third-order valence-electron chi connectivity index (χ3n) is 1.73. The maximum absolute atomic E-state index is 11.9. The predicted octanol–water partition coefficient (Wildman–Crippen LogP) is 1.70. The van der Waals surface area contributed by atoms with Crippen LogP contribution >= 0.6 is 12.4 Å². The van der Waals surface area contributed by atoms with Crippen LogP contribution in [-0.4, -0.2) is 18.3 Å². The number of rotatable bonds is 4. The van der Waals surface area contributed by atoms with Crippen molar-refractivity contribution in [1.29, 1.82) is 0 Å². The number of aliphatic hydroxyl groups is 1. The average molecular weight is 240 g/mol. The second kappa shape index (κ2) is 6.55. The number of para-hydroxylation sites is 1. The Morgan fingerprint density at radius 2 is 1.93 bits per heavy atom. The fourth-order valence-corrected chi connectivity index (χ4v) is 1.09. The normalized spacial score (nSPS) is 12.1. The van der Waals surface area contributed by atoms with Gasteiger partial charge in [0.05, 0.1) is 12.6 Å². The highest BCUT2D eigenvalue weighted by molar-refractivity contribution is 5.85. The van der Waals surface area contributed by atoms with E-state index in [0.29, 0.717) is 5.56 Å². The molecule has 15 heavy (non-hydrogen) atoms. The fraction of sp³-hybridized carbons (Fsp3) is 0.333. The second-order valence-corrected chi connectivity index (χ2v) is 2.71. The van der Waals surface area contributed by atoms with Crippen molar-refractivity contribution in [2.24, 2.45) is 5.73 Å². The molecule has 0 unspecified atom stereocenters. The Labute approximate surface area is 92.3 Å². The van der Waals surface area contributed by atoms with E-state index in [1.165, 1.54) is 6.07 Å². The summed E-state index contributed by atoms with van der Waals surface area (Å²) in [6, 6.07) is 5.43. The lowest BCUT2D eigenvalue weighted by Crippen LogP contribution is -2.16. The van der Waals surface area contributed by atoms with Crippen LogP contribution < -0.4 is 10.5 Å². The third kappa shape index (κ3) is 3.99. The van der Waals surface area contributed by atoms with Gasteiger partial charge in [0, 0.05) is 5.56 Å². The maximum Gasteiger partial charge on any atom is 0.387 e. The van der Waals surface area contributed by atoms with Crippen LogP contribution in [-0.2, 0) is 0 Å². The number of alkyl halides is 2. The number of benzene rings is 1. The zero-order valence-corrected chi connectivity index (χ0v) is 8.58. The van der Waals surface area contributed by atoms with Crippen LogP contribution in [0.4, 0.5) is 8.78 Å². The largest absolute Gasteiger partial charge is 0.434 e. The Balaban J connectivity index is 0.00000196. The molecular formula is C9H12ClF2NO2. The summed E-state index contributed by atoms with van der Waals surface area (Å²) >= 11 is 0. The molecule has 86 valence electrons. The number of nitrogens with two attached hydrogens (primary N) is 1. The summed E-state index contributed by atoms with van der Waals surface area (Å²) in [4.78, 5) is 0. The minimum atomic E-state index is -2.89. The first-order valence-electron chi connectivity index (χ1n) is 4.05. The van der Waals surface area contributed by atoms with Gasteiger partial charge in [0.25, 0.3) is 0 Å². The molecule has 0 aliphatic rings. The van der Waals surface area contributed by atoms with Gasteiger partial charge in [-0.2, -0.15) is 8.78 Å². The molecule has 0 aliphatic carbocycles. The maximum atomic E-state index is 11.9. The summed E-state index contributed by atoms with van der Waals surface area (Å²) < 4.78 is 28.1. The van der Waals surface area contributed by atoms with Gasteiger partial charge in [0.1, 0.15) is 5.75 Å². The van der Waals surface area contributed by atoms with Crippen LogP contribution in [0.2, 0.25) is 0 Å². The van der Waals surface area contributed by atoms with E-state index < -0.39 is 12.7 Å². The number of hydrogen-bond acceptors (Lipinski definition) is 3. The van der Waals surface area contributed by atoms with E-state index in [-0.39, 0.29) is 24.8 Å². The van der Waals surface area contributed by atoms with Crippen LogP contribution in [0.25, 0.3) is 0 Å². The molecule has 0 heterocycles. The summed E-state index contributed by atoms with van der Waals surface area (Å²) in [6.45, 7) is -3.20. The molecule has 0 amide bonds. The highest BCUT2D eigenvalue weighted by Crippen LogP contribution is 2.24. The summed E-state index contributed by atoms with van der Waals surface area (Å²) in [7, 11) is 0. The first-order chi connectivity index (χ1) is 6.65. The second-order valence-electron chi connectivity index (χ2n) is 2.71. The molecule has 0 saturated heterocycles. The van der Waals surface area contributed by atoms with Crippen molar-refractivity contribution >= 4 is 12.4 Å². The Morgan fingerprint density at radius 1 is 1.33 bits per heavy atom. The zero-order valence-electron chi connectivity index (χ0n) is 7.77. The van der Waals surface area contributed by atoms with E-state index >= 15 is 0 Å². The number of halogens is 3. The molecule has 1 aromatic rings. The highest BCUT2D eigenvalue weighted by atomic mass is 35.5. The van der Waals surface area contributed by atoms with Crippen molar-refractivity contribution < 1.29 is 18.6 Å². The summed E-state index contributed by atoms with van der Waals surface area (Å²) in [5, 5.41) is 8.78. The van der Waals surface area contributed by atoms with Crippen molar-refractivity contribution in [3.63, 3.8) is 0 Å². The Kier molecular flexibility index (Phi) is 6.15. The molecule has 1 aromatic carbocycles. The van der Waals surface area contributed by atoms with Crippen LogP contribution in [0.15, 0.2) is 24.3 Å². The van der Waals surface area contributed by atoms with Crippen molar-refractivity contribution in [2.75, 3.05) is 6.61 Å². The number of hydrogen-bond donors (Lipinski definition) is 2. The summed E-state index contributed by atoms with van der Waals surface area (Å²) in [5.74, 6) is 0.00375. The minimum absolute atomic E-state index is 0. The Hall–Kier alpha value is -0.910. The number of ether oxygens (including phenoxy) is 1. The van der Waals surface area contributed by atoms with Gasteiger partial charge in [-0.15, -0.1) is 12.4 Å². The minimum Gasteiger partial charge on any atom is -0.434 e. The zero-order chi connectivity index (χ0) is 10.6. The Bertz CT molecular complexity index is 299. The van der Waals surface area contributed by atoms with E-state index in [4.69, 9.17) is 10.8 Å². The molecular weight excluding hydrogens is 228 g/mol. The summed E-state index contributed by atoms with van der Waals surface area (Å²) in [6.07, 6.45) is 0. The molecule has 0 spiro atoms. The Morgan fingerprint density at radius 3 is 2.47 bits per heavy atom. The van der Waals surface area contributed by atoms with Gasteiger partial charge < -0.3 is 15.6 Å². The molecule has 3 nitrogen and oxygen atoms in total.